The van der Waals surface area contributed by atoms with Gasteiger partial charge in [-0.2, -0.15) is 15.0 Å². The molecule has 0 bridgehead atoms. The molecule has 0 spiro atoms. The van der Waals surface area contributed by atoms with Crippen LogP contribution < -0.4 is 16.8 Å². The highest BCUT2D eigenvalue weighted by Gasteiger charge is 2.14. The average Bonchev–Trinajstić information content (AvgIpc) is 2.31. The number of rotatable bonds is 2. The van der Waals surface area contributed by atoms with Crippen LogP contribution in [0.5, 0.6) is 0 Å². The monoisotopic (exact) mass is 238 g/mol. The van der Waals surface area contributed by atoms with Gasteiger partial charge in [-0.3, -0.25) is 0 Å². The van der Waals surface area contributed by atoms with Crippen LogP contribution >= 0.6 is 0 Å². The van der Waals surface area contributed by atoms with Gasteiger partial charge in [-0.25, -0.2) is 0 Å². The summed E-state index contributed by atoms with van der Waals surface area (Å²) in [6.45, 7) is 2.00. The van der Waals surface area contributed by atoms with E-state index in [1.165, 1.54) is 19.3 Å². The summed E-state index contributed by atoms with van der Waals surface area (Å²) in [5.74, 6) is 0.827. The summed E-state index contributed by atoms with van der Waals surface area (Å²) in [5, 5.41) is 3.24. The molecule has 1 fully saturated rings. The van der Waals surface area contributed by atoms with Crippen molar-refractivity contribution in [1.82, 2.24) is 15.0 Å². The lowest BCUT2D eigenvalue weighted by Gasteiger charge is -2.22. The quantitative estimate of drug-likeness (QED) is 0.689. The molecule has 5 N–H and O–H groups in total. The molecule has 17 heavy (non-hydrogen) atoms. The average molecular weight is 238 g/mol. The fourth-order valence-corrected chi connectivity index (χ4v) is 1.90. The molecule has 94 valence electrons. The summed E-state index contributed by atoms with van der Waals surface area (Å²) in [5.41, 5.74) is 11.0. The lowest BCUT2D eigenvalue weighted by Crippen LogP contribution is -2.24. The molecule has 0 aromatic carbocycles. The standard InChI is InChI=1S/C9H16N6.CH2O/c10-7-13-8(11)15-9(14-7)12-6-4-2-1-3-5-6;1-2/h6H,1-5H2,(H5,10,11,12,13,14,15);1H2. The Bertz CT molecular complexity index is 332. The maximum atomic E-state index is 8.00. The first-order chi connectivity index (χ1) is 8.24. The molecule has 0 saturated heterocycles. The van der Waals surface area contributed by atoms with Crippen LogP contribution in [-0.4, -0.2) is 27.8 Å². The van der Waals surface area contributed by atoms with Crippen LogP contribution in [0.4, 0.5) is 17.8 Å². The molecular formula is C10H18N6O. The molecular weight excluding hydrogens is 220 g/mol. The van der Waals surface area contributed by atoms with Crippen molar-refractivity contribution in [1.29, 1.82) is 0 Å². The minimum atomic E-state index is 0.167. The zero-order chi connectivity index (χ0) is 12.7. The van der Waals surface area contributed by atoms with E-state index in [0.29, 0.717) is 12.0 Å². The summed E-state index contributed by atoms with van der Waals surface area (Å²) in [6.07, 6.45) is 6.15. The molecule has 1 aliphatic rings. The minimum absolute atomic E-state index is 0.167. The zero-order valence-electron chi connectivity index (χ0n) is 9.72. The van der Waals surface area contributed by atoms with Crippen LogP contribution in [0.25, 0.3) is 0 Å². The predicted molar refractivity (Wildman–Crippen MR) is 66.3 cm³/mol. The molecule has 2 rings (SSSR count). The summed E-state index contributed by atoms with van der Waals surface area (Å²) >= 11 is 0. The Morgan fingerprint density at radius 2 is 1.53 bits per heavy atom. The Morgan fingerprint density at radius 1 is 1.00 bits per heavy atom. The topological polar surface area (TPSA) is 120 Å². The van der Waals surface area contributed by atoms with Crippen molar-refractivity contribution in [3.05, 3.63) is 0 Å². The van der Waals surface area contributed by atoms with Gasteiger partial charge in [0.15, 0.2) is 0 Å². The first kappa shape index (κ1) is 13.1. The summed E-state index contributed by atoms with van der Waals surface area (Å²) in [7, 11) is 0. The number of anilines is 3. The molecule has 7 heteroatoms. The second-order valence-corrected chi connectivity index (χ2v) is 3.85. The zero-order valence-corrected chi connectivity index (χ0v) is 9.72. The molecule has 0 atom stereocenters. The molecule has 1 aromatic heterocycles. The minimum Gasteiger partial charge on any atom is -0.368 e. The van der Waals surface area contributed by atoms with E-state index in [-0.39, 0.29) is 11.9 Å². The van der Waals surface area contributed by atoms with E-state index in [4.69, 9.17) is 16.3 Å². The van der Waals surface area contributed by atoms with Gasteiger partial charge in [0.1, 0.15) is 6.79 Å². The predicted octanol–water partition coefficient (Wildman–Crippen LogP) is 0.596. The van der Waals surface area contributed by atoms with Crippen LogP contribution in [0.1, 0.15) is 32.1 Å². The largest absolute Gasteiger partial charge is 0.368 e. The van der Waals surface area contributed by atoms with Crippen LogP contribution in [0.3, 0.4) is 0 Å². The second-order valence-electron chi connectivity index (χ2n) is 3.85. The third kappa shape index (κ3) is 4.21. The van der Waals surface area contributed by atoms with Crippen molar-refractivity contribution < 1.29 is 4.79 Å². The summed E-state index contributed by atoms with van der Waals surface area (Å²) in [6, 6.07) is 0.444. The van der Waals surface area contributed by atoms with Crippen molar-refractivity contribution in [2.45, 2.75) is 38.1 Å². The summed E-state index contributed by atoms with van der Waals surface area (Å²) < 4.78 is 0. The SMILES string of the molecule is C=O.Nc1nc(N)nc(NC2CCCCC2)n1. The Balaban J connectivity index is 0.000000686. The number of carbonyl (C=O) groups excluding carboxylic acids is 1. The highest BCUT2D eigenvalue weighted by molar-refractivity contribution is 5.37. The van der Waals surface area contributed by atoms with Crippen LogP contribution in [0.15, 0.2) is 0 Å². The fraction of sp³-hybridized carbons (Fsp3) is 0.600. The van der Waals surface area contributed by atoms with E-state index in [2.05, 4.69) is 20.3 Å². The van der Waals surface area contributed by atoms with Crippen molar-refractivity contribution in [2.75, 3.05) is 16.8 Å². The molecule has 1 saturated carbocycles. The van der Waals surface area contributed by atoms with E-state index in [9.17, 15) is 0 Å². The van der Waals surface area contributed by atoms with Crippen molar-refractivity contribution in [3.63, 3.8) is 0 Å². The van der Waals surface area contributed by atoms with Crippen LogP contribution in [-0.2, 0) is 4.79 Å². The number of carbonyl (C=O) groups is 1. The van der Waals surface area contributed by atoms with E-state index in [1.54, 1.807) is 0 Å². The smallest absolute Gasteiger partial charge is 0.229 e. The van der Waals surface area contributed by atoms with Gasteiger partial charge in [0.2, 0.25) is 17.8 Å². The lowest BCUT2D eigenvalue weighted by atomic mass is 9.96. The first-order valence-electron chi connectivity index (χ1n) is 5.56. The van der Waals surface area contributed by atoms with E-state index in [1.807, 2.05) is 6.79 Å². The van der Waals surface area contributed by atoms with Crippen molar-refractivity contribution >= 4 is 24.6 Å². The molecule has 0 amide bonds. The number of hydrogen-bond acceptors (Lipinski definition) is 7. The molecule has 1 aromatic rings. The molecule has 0 aliphatic heterocycles. The van der Waals surface area contributed by atoms with Gasteiger partial charge in [-0.15, -0.1) is 0 Å². The van der Waals surface area contributed by atoms with E-state index in [0.717, 1.165) is 12.8 Å². The number of nitrogens with two attached hydrogens (primary N) is 2. The number of nitrogens with one attached hydrogen (secondary N) is 1. The normalized spacial score (nSPS) is 15.8. The van der Waals surface area contributed by atoms with Crippen molar-refractivity contribution in [2.24, 2.45) is 0 Å². The maximum absolute atomic E-state index is 8.00. The second kappa shape index (κ2) is 6.62. The van der Waals surface area contributed by atoms with Gasteiger partial charge in [0.05, 0.1) is 0 Å². The van der Waals surface area contributed by atoms with Crippen LogP contribution in [0.2, 0.25) is 0 Å². The van der Waals surface area contributed by atoms with Gasteiger partial charge < -0.3 is 21.6 Å². The molecule has 0 radical (unpaired) electrons. The van der Waals surface area contributed by atoms with Crippen molar-refractivity contribution in [3.8, 4) is 0 Å². The van der Waals surface area contributed by atoms with E-state index < -0.39 is 0 Å². The van der Waals surface area contributed by atoms with Gasteiger partial charge in [0, 0.05) is 6.04 Å². The Labute approximate surface area is 100 Å². The fourth-order valence-electron chi connectivity index (χ4n) is 1.90. The van der Waals surface area contributed by atoms with Crippen LogP contribution in [0, 0.1) is 0 Å². The summed E-state index contributed by atoms with van der Waals surface area (Å²) in [4.78, 5) is 19.7. The third-order valence-corrected chi connectivity index (χ3v) is 2.61. The van der Waals surface area contributed by atoms with Gasteiger partial charge in [-0.05, 0) is 12.8 Å². The number of aromatic nitrogens is 3. The number of nitrogen functional groups attached to an aromatic ring is 2. The highest BCUT2D eigenvalue weighted by atomic mass is 16.1. The first-order valence-corrected chi connectivity index (χ1v) is 5.56. The third-order valence-electron chi connectivity index (χ3n) is 2.61. The van der Waals surface area contributed by atoms with Gasteiger partial charge in [0.25, 0.3) is 0 Å². The van der Waals surface area contributed by atoms with Gasteiger partial charge in [-0.1, -0.05) is 19.3 Å². The lowest BCUT2D eigenvalue weighted by molar-refractivity contribution is -0.0979. The molecule has 1 heterocycles. The van der Waals surface area contributed by atoms with Gasteiger partial charge >= 0.3 is 0 Å². The number of nitrogens with zero attached hydrogens (tertiary/aromatic N) is 3. The maximum Gasteiger partial charge on any atom is 0.229 e. The molecule has 7 nitrogen and oxygen atoms in total. The number of hydrogen-bond donors (Lipinski definition) is 3. The Hall–Kier alpha value is -1.92. The Morgan fingerprint density at radius 3 is 2.06 bits per heavy atom. The Kier molecular flexibility index (Phi) is 5.12. The highest BCUT2D eigenvalue weighted by Crippen LogP contribution is 2.20. The molecule has 1 aliphatic carbocycles. The van der Waals surface area contributed by atoms with E-state index >= 15 is 0 Å². The molecule has 0 unspecified atom stereocenters.